The summed E-state index contributed by atoms with van der Waals surface area (Å²) in [6.45, 7) is 2.09. The Morgan fingerprint density at radius 2 is 1.59 bits per heavy atom. The van der Waals surface area contributed by atoms with Gasteiger partial charge >= 0.3 is 0 Å². The van der Waals surface area contributed by atoms with E-state index in [0.717, 1.165) is 11.4 Å². The van der Waals surface area contributed by atoms with Crippen molar-refractivity contribution in [3.8, 4) is 0 Å². The van der Waals surface area contributed by atoms with Crippen LogP contribution in [0, 0.1) is 0 Å². The molecule has 2 nitrogen and oxygen atoms in total. The van der Waals surface area contributed by atoms with E-state index in [4.69, 9.17) is 9.98 Å². The van der Waals surface area contributed by atoms with Crippen LogP contribution >= 0.6 is 0 Å². The van der Waals surface area contributed by atoms with Gasteiger partial charge in [-0.2, -0.15) is 0 Å². The Bertz CT molecular complexity index is 459. The molecule has 3 rings (SSSR count). The van der Waals surface area contributed by atoms with E-state index in [0.29, 0.717) is 12.1 Å². The van der Waals surface area contributed by atoms with E-state index in [2.05, 4.69) is 31.2 Å². The second-order valence-corrected chi connectivity index (χ2v) is 4.98. The number of hydrogen-bond acceptors (Lipinski definition) is 2. The molecule has 2 atom stereocenters. The van der Waals surface area contributed by atoms with Crippen molar-refractivity contribution < 1.29 is 0 Å². The lowest BCUT2D eigenvalue weighted by Gasteiger charge is -2.30. The summed E-state index contributed by atoms with van der Waals surface area (Å²) >= 11 is 0. The van der Waals surface area contributed by atoms with Crippen LogP contribution in [0.5, 0.6) is 0 Å². The molecule has 1 aliphatic carbocycles. The highest BCUT2D eigenvalue weighted by atomic mass is 15.0. The molecule has 0 saturated heterocycles. The molecular weight excluding hydrogens is 208 g/mol. The van der Waals surface area contributed by atoms with E-state index in [1.807, 2.05) is 6.07 Å². The van der Waals surface area contributed by atoms with E-state index in [1.165, 1.54) is 31.2 Å². The molecule has 0 radical (unpaired) electrons. The predicted molar refractivity (Wildman–Crippen MR) is 72.1 cm³/mol. The second-order valence-electron chi connectivity index (χ2n) is 4.98. The first-order valence-electron chi connectivity index (χ1n) is 6.52. The summed E-state index contributed by atoms with van der Waals surface area (Å²) < 4.78 is 0. The standard InChI is InChI=1S/C15H18N2/c1-11-15(12-7-3-2-4-8-12)17-14-10-6-5-9-13(14)16-11/h2-4,7-8,13-14H,5-6,9-10H2,1H3/t13-,14-/m1/s1. The van der Waals surface area contributed by atoms with Gasteiger partial charge in [-0.05, 0) is 19.8 Å². The van der Waals surface area contributed by atoms with E-state index in [1.54, 1.807) is 0 Å². The maximum atomic E-state index is 4.94. The molecule has 88 valence electrons. The molecule has 2 heteroatoms. The third kappa shape index (κ3) is 2.04. The normalized spacial score (nSPS) is 28.1. The Morgan fingerprint density at radius 1 is 0.941 bits per heavy atom. The molecule has 1 heterocycles. The molecule has 17 heavy (non-hydrogen) atoms. The molecule has 1 aliphatic heterocycles. The highest BCUT2D eigenvalue weighted by Crippen LogP contribution is 2.27. The SMILES string of the molecule is CC1=N[C@@H]2CCCC[C@H]2N=C1c1ccccc1. The summed E-state index contributed by atoms with van der Waals surface area (Å²) in [6, 6.07) is 11.3. The molecule has 1 fully saturated rings. The second kappa shape index (κ2) is 4.44. The van der Waals surface area contributed by atoms with Gasteiger partial charge in [0, 0.05) is 5.56 Å². The molecule has 1 aromatic rings. The lowest BCUT2D eigenvalue weighted by molar-refractivity contribution is 0.386. The van der Waals surface area contributed by atoms with Crippen LogP contribution in [0.3, 0.4) is 0 Å². The Morgan fingerprint density at radius 3 is 2.29 bits per heavy atom. The third-order valence-corrected chi connectivity index (χ3v) is 3.74. The summed E-state index contributed by atoms with van der Waals surface area (Å²) in [5, 5.41) is 0. The van der Waals surface area contributed by atoms with Gasteiger partial charge in [-0.1, -0.05) is 43.2 Å². The van der Waals surface area contributed by atoms with Crippen molar-refractivity contribution in [1.82, 2.24) is 0 Å². The maximum Gasteiger partial charge on any atom is 0.0858 e. The molecule has 0 aromatic heterocycles. The van der Waals surface area contributed by atoms with Crippen LogP contribution in [0.1, 0.15) is 38.2 Å². The minimum absolute atomic E-state index is 0.433. The van der Waals surface area contributed by atoms with Crippen molar-refractivity contribution in [1.29, 1.82) is 0 Å². The fourth-order valence-corrected chi connectivity index (χ4v) is 2.84. The first-order valence-corrected chi connectivity index (χ1v) is 6.52. The summed E-state index contributed by atoms with van der Waals surface area (Å²) in [4.78, 5) is 9.79. The monoisotopic (exact) mass is 226 g/mol. The van der Waals surface area contributed by atoms with Gasteiger partial charge in [0.15, 0.2) is 0 Å². The molecule has 0 spiro atoms. The molecule has 0 unspecified atom stereocenters. The number of benzene rings is 1. The van der Waals surface area contributed by atoms with Crippen LogP contribution in [-0.4, -0.2) is 23.5 Å². The van der Waals surface area contributed by atoms with Gasteiger partial charge in [-0.3, -0.25) is 9.98 Å². The number of rotatable bonds is 1. The molecular formula is C15H18N2. The van der Waals surface area contributed by atoms with Gasteiger partial charge < -0.3 is 0 Å². The zero-order valence-corrected chi connectivity index (χ0v) is 10.3. The van der Waals surface area contributed by atoms with Crippen molar-refractivity contribution in [2.45, 2.75) is 44.7 Å². The minimum Gasteiger partial charge on any atom is -0.282 e. The Labute approximate surface area is 102 Å². The van der Waals surface area contributed by atoms with Crippen LogP contribution in [0.25, 0.3) is 0 Å². The van der Waals surface area contributed by atoms with Crippen molar-refractivity contribution >= 4 is 11.4 Å². The quantitative estimate of drug-likeness (QED) is 0.702. The number of aliphatic imine (C=N–C) groups is 2. The van der Waals surface area contributed by atoms with Gasteiger partial charge in [-0.25, -0.2) is 0 Å². The van der Waals surface area contributed by atoms with E-state index in [-0.39, 0.29) is 0 Å². The van der Waals surface area contributed by atoms with Crippen LogP contribution in [-0.2, 0) is 0 Å². The van der Waals surface area contributed by atoms with Gasteiger partial charge in [0.25, 0.3) is 0 Å². The Balaban J connectivity index is 1.95. The lowest BCUT2D eigenvalue weighted by atomic mass is 9.89. The van der Waals surface area contributed by atoms with Crippen LogP contribution in [0.2, 0.25) is 0 Å². The predicted octanol–water partition coefficient (Wildman–Crippen LogP) is 3.26. The van der Waals surface area contributed by atoms with Crippen LogP contribution < -0.4 is 0 Å². The molecule has 0 N–H and O–H groups in total. The van der Waals surface area contributed by atoms with Crippen LogP contribution in [0.15, 0.2) is 40.3 Å². The summed E-state index contributed by atoms with van der Waals surface area (Å²) in [5.41, 5.74) is 3.42. The van der Waals surface area contributed by atoms with Crippen LogP contribution in [0.4, 0.5) is 0 Å². The molecule has 2 aliphatic rings. The third-order valence-electron chi connectivity index (χ3n) is 3.74. The van der Waals surface area contributed by atoms with Crippen molar-refractivity contribution in [3.63, 3.8) is 0 Å². The average Bonchev–Trinajstić information content (AvgIpc) is 2.39. The molecule has 1 saturated carbocycles. The average molecular weight is 226 g/mol. The molecule has 0 bridgehead atoms. The number of fused-ring (bicyclic) bond motifs is 1. The van der Waals surface area contributed by atoms with Gasteiger partial charge in [0.2, 0.25) is 0 Å². The zero-order valence-electron chi connectivity index (χ0n) is 10.3. The Kier molecular flexibility index (Phi) is 2.79. The maximum absolute atomic E-state index is 4.94. The van der Waals surface area contributed by atoms with Gasteiger partial charge in [-0.15, -0.1) is 0 Å². The fraction of sp³-hybridized carbons (Fsp3) is 0.467. The first kappa shape index (κ1) is 10.7. The highest BCUT2D eigenvalue weighted by Gasteiger charge is 2.28. The zero-order chi connectivity index (χ0) is 11.7. The van der Waals surface area contributed by atoms with E-state index in [9.17, 15) is 0 Å². The smallest absolute Gasteiger partial charge is 0.0858 e. The lowest BCUT2D eigenvalue weighted by Crippen LogP contribution is -2.34. The molecule has 0 amide bonds. The van der Waals surface area contributed by atoms with Crippen molar-refractivity contribution in [2.75, 3.05) is 0 Å². The highest BCUT2D eigenvalue weighted by molar-refractivity contribution is 6.48. The van der Waals surface area contributed by atoms with Gasteiger partial charge in [0.1, 0.15) is 0 Å². The topological polar surface area (TPSA) is 24.7 Å². The largest absolute Gasteiger partial charge is 0.282 e. The number of hydrogen-bond donors (Lipinski definition) is 0. The first-order chi connectivity index (χ1) is 8.34. The fourth-order valence-electron chi connectivity index (χ4n) is 2.84. The van der Waals surface area contributed by atoms with Gasteiger partial charge in [0.05, 0.1) is 23.5 Å². The van der Waals surface area contributed by atoms with Crippen molar-refractivity contribution in [2.24, 2.45) is 9.98 Å². The summed E-state index contributed by atoms with van der Waals surface area (Å²) in [6.07, 6.45) is 5.04. The summed E-state index contributed by atoms with van der Waals surface area (Å²) in [7, 11) is 0. The minimum atomic E-state index is 0.433. The van der Waals surface area contributed by atoms with Crippen molar-refractivity contribution in [3.05, 3.63) is 35.9 Å². The molecule has 1 aromatic carbocycles. The number of nitrogens with zero attached hydrogens (tertiary/aromatic N) is 2. The Hall–Kier alpha value is -1.44. The summed E-state index contributed by atoms with van der Waals surface area (Å²) in [5.74, 6) is 0. The van der Waals surface area contributed by atoms with E-state index >= 15 is 0 Å². The van der Waals surface area contributed by atoms with E-state index < -0.39 is 0 Å².